The number of aryl methyl sites for hydroxylation is 4. The molecule has 1 N–H and O–H groups in total. The third kappa shape index (κ3) is 2.77. The van der Waals surface area contributed by atoms with Crippen LogP contribution in [-0.4, -0.2) is 36.8 Å². The summed E-state index contributed by atoms with van der Waals surface area (Å²) in [6.45, 7) is 7.73. The first-order valence-corrected chi connectivity index (χ1v) is 10.7. The van der Waals surface area contributed by atoms with Crippen LogP contribution in [0.15, 0.2) is 40.9 Å². The fourth-order valence-electron chi connectivity index (χ4n) is 4.72. The van der Waals surface area contributed by atoms with Crippen molar-refractivity contribution in [2.75, 3.05) is 7.11 Å². The third-order valence-corrected chi connectivity index (χ3v) is 6.11. The summed E-state index contributed by atoms with van der Waals surface area (Å²) in [5.74, 6) is 3.82. The Morgan fingerprint density at radius 3 is 2.58 bits per heavy atom. The number of hydrogen-bond donors (Lipinski definition) is 1. The SMILES string of the molecule is COc1cc2c(cc1-c1c(C)noc1C)[nH]c1nc(C)nc(-n3c(C)nc4ccccc43)c12. The maximum Gasteiger partial charge on any atom is 0.152 e. The predicted molar refractivity (Wildman–Crippen MR) is 127 cm³/mol. The molecule has 0 aliphatic rings. The van der Waals surface area contributed by atoms with Gasteiger partial charge in [-0.15, -0.1) is 0 Å². The Hall–Kier alpha value is -4.20. The molecule has 6 rings (SSSR count). The number of nitrogens with one attached hydrogen (secondary N) is 1. The second kappa shape index (κ2) is 6.90. The van der Waals surface area contributed by atoms with E-state index in [-0.39, 0.29) is 0 Å². The lowest BCUT2D eigenvalue weighted by Crippen LogP contribution is -2.03. The summed E-state index contributed by atoms with van der Waals surface area (Å²) in [6.07, 6.45) is 0. The number of benzene rings is 2. The standard InChI is InChI=1S/C25H22N6O2/c1-12-22(13(2)33-30-12)17-10-19-16(11-21(17)32-5)23-24(29-19)26-14(3)27-25(23)31-15(4)28-18-8-6-7-9-20(18)31/h6-11H,1-5H3,(H,26,27,29). The fraction of sp³-hybridized carbons (Fsp3) is 0.200. The summed E-state index contributed by atoms with van der Waals surface area (Å²) in [7, 11) is 1.67. The van der Waals surface area contributed by atoms with E-state index in [1.165, 1.54) is 0 Å². The van der Waals surface area contributed by atoms with Crippen molar-refractivity contribution < 1.29 is 9.26 Å². The molecule has 0 aliphatic carbocycles. The molecule has 4 aromatic heterocycles. The van der Waals surface area contributed by atoms with Crippen LogP contribution in [0.1, 0.15) is 23.1 Å². The van der Waals surface area contributed by atoms with Crippen molar-refractivity contribution in [3.63, 3.8) is 0 Å². The lowest BCUT2D eigenvalue weighted by molar-refractivity contribution is 0.393. The van der Waals surface area contributed by atoms with Gasteiger partial charge in [-0.3, -0.25) is 4.57 Å². The predicted octanol–water partition coefficient (Wildman–Crippen LogP) is 5.35. The molecule has 0 bridgehead atoms. The molecule has 0 radical (unpaired) electrons. The molecule has 2 aromatic carbocycles. The average molecular weight is 438 g/mol. The average Bonchev–Trinajstić information content (AvgIpc) is 3.43. The van der Waals surface area contributed by atoms with E-state index in [1.807, 2.05) is 52.0 Å². The first-order chi connectivity index (χ1) is 16.0. The first-order valence-electron chi connectivity index (χ1n) is 10.7. The Labute approximate surface area is 189 Å². The van der Waals surface area contributed by atoms with Crippen molar-refractivity contribution in [3.8, 4) is 22.7 Å². The molecule has 0 atom stereocenters. The van der Waals surface area contributed by atoms with Gasteiger partial charge in [0, 0.05) is 16.5 Å². The van der Waals surface area contributed by atoms with Gasteiger partial charge in [-0.2, -0.15) is 0 Å². The van der Waals surface area contributed by atoms with Crippen LogP contribution in [-0.2, 0) is 0 Å². The van der Waals surface area contributed by atoms with Crippen LogP contribution in [0.5, 0.6) is 5.75 Å². The van der Waals surface area contributed by atoms with Gasteiger partial charge in [-0.25, -0.2) is 15.0 Å². The molecule has 8 nitrogen and oxygen atoms in total. The van der Waals surface area contributed by atoms with Gasteiger partial charge < -0.3 is 14.2 Å². The smallest absolute Gasteiger partial charge is 0.152 e. The number of para-hydroxylation sites is 2. The maximum atomic E-state index is 5.81. The van der Waals surface area contributed by atoms with E-state index in [0.29, 0.717) is 5.82 Å². The van der Waals surface area contributed by atoms with E-state index in [1.54, 1.807) is 7.11 Å². The summed E-state index contributed by atoms with van der Waals surface area (Å²) in [6, 6.07) is 12.2. The minimum Gasteiger partial charge on any atom is -0.496 e. The van der Waals surface area contributed by atoms with Crippen molar-refractivity contribution in [1.29, 1.82) is 0 Å². The molecule has 0 aliphatic heterocycles. The zero-order chi connectivity index (χ0) is 22.9. The monoisotopic (exact) mass is 438 g/mol. The van der Waals surface area contributed by atoms with Gasteiger partial charge in [0.05, 0.1) is 34.8 Å². The van der Waals surface area contributed by atoms with E-state index in [0.717, 1.165) is 72.9 Å². The van der Waals surface area contributed by atoms with E-state index >= 15 is 0 Å². The number of aromatic amines is 1. The molecule has 0 spiro atoms. The first kappa shape index (κ1) is 19.5. The molecular weight excluding hydrogens is 416 g/mol. The third-order valence-electron chi connectivity index (χ3n) is 6.11. The van der Waals surface area contributed by atoms with Crippen molar-refractivity contribution >= 4 is 33.0 Å². The molecule has 0 amide bonds. The molecule has 4 heterocycles. The van der Waals surface area contributed by atoms with Crippen LogP contribution < -0.4 is 4.74 Å². The number of imidazole rings is 1. The van der Waals surface area contributed by atoms with Gasteiger partial charge >= 0.3 is 0 Å². The van der Waals surface area contributed by atoms with E-state index in [2.05, 4.69) is 26.8 Å². The molecule has 6 aromatic rings. The number of hydrogen-bond acceptors (Lipinski definition) is 6. The van der Waals surface area contributed by atoms with E-state index < -0.39 is 0 Å². The second-order valence-electron chi connectivity index (χ2n) is 8.22. The van der Waals surface area contributed by atoms with E-state index in [9.17, 15) is 0 Å². The summed E-state index contributed by atoms with van der Waals surface area (Å²) in [5, 5.41) is 6.01. The number of aromatic nitrogens is 6. The van der Waals surface area contributed by atoms with Crippen LogP contribution >= 0.6 is 0 Å². The summed E-state index contributed by atoms with van der Waals surface area (Å²) in [5.41, 5.74) is 6.31. The molecule has 8 heteroatoms. The van der Waals surface area contributed by atoms with Crippen molar-refractivity contribution in [1.82, 2.24) is 29.7 Å². The van der Waals surface area contributed by atoms with Gasteiger partial charge in [-0.1, -0.05) is 17.3 Å². The molecule has 0 fully saturated rings. The quantitative estimate of drug-likeness (QED) is 0.400. The second-order valence-corrected chi connectivity index (χ2v) is 8.22. The zero-order valence-corrected chi connectivity index (χ0v) is 19.0. The van der Waals surface area contributed by atoms with Crippen molar-refractivity contribution in [2.24, 2.45) is 0 Å². The molecule has 33 heavy (non-hydrogen) atoms. The summed E-state index contributed by atoms with van der Waals surface area (Å²) < 4.78 is 13.3. The zero-order valence-electron chi connectivity index (χ0n) is 19.0. The Balaban J connectivity index is 1.72. The highest BCUT2D eigenvalue weighted by Crippen LogP contribution is 2.40. The summed E-state index contributed by atoms with van der Waals surface area (Å²) in [4.78, 5) is 17.8. The van der Waals surface area contributed by atoms with Crippen LogP contribution in [0.25, 0.3) is 49.9 Å². The Bertz CT molecular complexity index is 1690. The minimum atomic E-state index is 0.680. The number of rotatable bonds is 3. The van der Waals surface area contributed by atoms with Crippen LogP contribution in [0, 0.1) is 27.7 Å². The number of methoxy groups -OCH3 is 1. The number of nitrogens with zero attached hydrogens (tertiary/aromatic N) is 5. The Morgan fingerprint density at radius 1 is 1.00 bits per heavy atom. The molecule has 0 unspecified atom stereocenters. The van der Waals surface area contributed by atoms with Gasteiger partial charge in [0.1, 0.15) is 28.8 Å². The topological polar surface area (TPSA) is 94.7 Å². The molecular formula is C25H22N6O2. The van der Waals surface area contributed by atoms with Gasteiger partial charge in [0.25, 0.3) is 0 Å². The van der Waals surface area contributed by atoms with Gasteiger partial charge in [0.2, 0.25) is 0 Å². The number of H-pyrrole nitrogens is 1. The summed E-state index contributed by atoms with van der Waals surface area (Å²) >= 11 is 0. The molecule has 0 saturated carbocycles. The largest absolute Gasteiger partial charge is 0.496 e. The Morgan fingerprint density at radius 2 is 1.82 bits per heavy atom. The minimum absolute atomic E-state index is 0.680. The lowest BCUT2D eigenvalue weighted by Gasteiger charge is -2.11. The highest BCUT2D eigenvalue weighted by atomic mass is 16.5. The van der Waals surface area contributed by atoms with Crippen molar-refractivity contribution in [3.05, 3.63) is 59.5 Å². The van der Waals surface area contributed by atoms with Crippen LogP contribution in [0.2, 0.25) is 0 Å². The normalized spacial score (nSPS) is 11.8. The molecule has 164 valence electrons. The van der Waals surface area contributed by atoms with Crippen LogP contribution in [0.3, 0.4) is 0 Å². The maximum absolute atomic E-state index is 5.81. The Kier molecular flexibility index (Phi) is 4.07. The molecule has 0 saturated heterocycles. The van der Waals surface area contributed by atoms with Crippen LogP contribution in [0.4, 0.5) is 0 Å². The van der Waals surface area contributed by atoms with E-state index in [4.69, 9.17) is 24.2 Å². The highest BCUT2D eigenvalue weighted by molar-refractivity contribution is 6.11. The lowest BCUT2D eigenvalue weighted by atomic mass is 10.0. The van der Waals surface area contributed by atoms with Gasteiger partial charge in [0.15, 0.2) is 5.82 Å². The number of fused-ring (bicyclic) bond motifs is 4. The fourth-order valence-corrected chi connectivity index (χ4v) is 4.72. The van der Waals surface area contributed by atoms with Crippen molar-refractivity contribution in [2.45, 2.75) is 27.7 Å². The highest BCUT2D eigenvalue weighted by Gasteiger charge is 2.22. The number of ether oxygens (including phenoxy) is 1. The van der Waals surface area contributed by atoms with Gasteiger partial charge in [-0.05, 0) is 52.0 Å².